The van der Waals surface area contributed by atoms with Gasteiger partial charge in [0.2, 0.25) is 11.5 Å². The van der Waals surface area contributed by atoms with Crippen LogP contribution in [0, 0.1) is 0 Å². The third-order valence-electron chi connectivity index (χ3n) is 4.98. The molecule has 4 aromatic heterocycles. The van der Waals surface area contributed by atoms with Crippen molar-refractivity contribution in [3.8, 4) is 0 Å². The molecule has 0 bridgehead atoms. The highest BCUT2D eigenvalue weighted by Crippen LogP contribution is 2.15. The lowest BCUT2D eigenvalue weighted by Gasteiger charge is -2.12. The third kappa shape index (κ3) is 4.13. The Morgan fingerprint density at radius 3 is 2.97 bits per heavy atom. The van der Waals surface area contributed by atoms with Gasteiger partial charge in [0.15, 0.2) is 0 Å². The second-order valence-corrected chi connectivity index (χ2v) is 6.99. The van der Waals surface area contributed by atoms with Gasteiger partial charge in [0, 0.05) is 25.8 Å². The summed E-state index contributed by atoms with van der Waals surface area (Å²) in [6.07, 6.45) is 3.84. The van der Waals surface area contributed by atoms with Gasteiger partial charge in [0.1, 0.15) is 16.7 Å². The van der Waals surface area contributed by atoms with Crippen molar-refractivity contribution >= 4 is 28.4 Å². The van der Waals surface area contributed by atoms with Crippen LogP contribution in [-0.2, 0) is 17.8 Å². The van der Waals surface area contributed by atoms with Crippen molar-refractivity contribution in [2.24, 2.45) is 0 Å². The second kappa shape index (κ2) is 8.97. The molecule has 9 nitrogen and oxygen atoms in total. The fourth-order valence-electron chi connectivity index (χ4n) is 3.45. The van der Waals surface area contributed by atoms with Gasteiger partial charge in [0.25, 0.3) is 17.1 Å². The zero-order chi connectivity index (χ0) is 21.8. The molecule has 0 saturated carbocycles. The van der Waals surface area contributed by atoms with Crippen LogP contribution in [0.4, 0.5) is 5.82 Å². The summed E-state index contributed by atoms with van der Waals surface area (Å²) in [4.78, 5) is 30.7. The molecule has 0 aliphatic rings. The first-order valence-corrected chi connectivity index (χ1v) is 10.1. The highest BCUT2D eigenvalue weighted by molar-refractivity contribution is 6.00. The van der Waals surface area contributed by atoms with Gasteiger partial charge in [0.05, 0.1) is 19.4 Å². The second-order valence-electron chi connectivity index (χ2n) is 6.99. The number of nitrogen functional groups attached to an aromatic ring is 1. The molecule has 1 amide bonds. The molecule has 0 atom stereocenters. The molecular formula is C22H24N5O4+. The molecule has 0 aliphatic heterocycles. The quantitative estimate of drug-likeness (QED) is 0.254. The predicted molar refractivity (Wildman–Crippen MR) is 115 cm³/mol. The van der Waals surface area contributed by atoms with E-state index in [1.54, 1.807) is 35.0 Å². The van der Waals surface area contributed by atoms with Gasteiger partial charge in [-0.2, -0.15) is 0 Å². The van der Waals surface area contributed by atoms with Crippen LogP contribution >= 0.6 is 0 Å². The van der Waals surface area contributed by atoms with Crippen molar-refractivity contribution in [3.63, 3.8) is 0 Å². The number of carbonyl (C=O) groups excluding carboxylic acids is 1. The molecule has 0 saturated heterocycles. The molecule has 0 fully saturated rings. The number of hydrogen-bond acceptors (Lipinski definition) is 6. The topological polar surface area (TPSA) is 116 Å². The van der Waals surface area contributed by atoms with E-state index in [4.69, 9.17) is 14.9 Å². The SMILES string of the molecule is CCOCCC[n+]1c(N)c(C(=O)NCc2ccco2)cc2c(=O)n3ccccc3nc21. The van der Waals surface area contributed by atoms with Crippen LogP contribution in [0.3, 0.4) is 0 Å². The number of aryl methyl sites for hydroxylation is 1. The molecular weight excluding hydrogens is 398 g/mol. The maximum absolute atomic E-state index is 13.1. The number of carbonyl (C=O) groups is 1. The van der Waals surface area contributed by atoms with Gasteiger partial charge in [-0.1, -0.05) is 11.1 Å². The molecule has 0 radical (unpaired) electrons. The molecule has 0 aliphatic carbocycles. The zero-order valence-corrected chi connectivity index (χ0v) is 17.2. The van der Waals surface area contributed by atoms with Crippen molar-refractivity contribution in [2.75, 3.05) is 18.9 Å². The molecule has 31 heavy (non-hydrogen) atoms. The number of nitrogens with two attached hydrogens (primary N) is 1. The fourth-order valence-corrected chi connectivity index (χ4v) is 3.45. The van der Waals surface area contributed by atoms with Crippen molar-refractivity contribution in [3.05, 3.63) is 70.5 Å². The normalized spacial score (nSPS) is 11.3. The summed E-state index contributed by atoms with van der Waals surface area (Å²) < 4.78 is 13.9. The maximum Gasteiger partial charge on any atom is 0.278 e. The highest BCUT2D eigenvalue weighted by Gasteiger charge is 2.24. The Labute approximate surface area is 178 Å². The molecule has 0 spiro atoms. The lowest BCUT2D eigenvalue weighted by atomic mass is 10.1. The summed E-state index contributed by atoms with van der Waals surface area (Å²) in [5, 5.41) is 3.10. The van der Waals surface area contributed by atoms with Crippen LogP contribution in [0.15, 0.2) is 58.1 Å². The molecule has 4 aromatic rings. The highest BCUT2D eigenvalue weighted by atomic mass is 16.5. The molecule has 4 rings (SSSR count). The number of aromatic nitrogens is 3. The van der Waals surface area contributed by atoms with Crippen molar-refractivity contribution < 1.29 is 18.5 Å². The van der Waals surface area contributed by atoms with Crippen LogP contribution in [0.1, 0.15) is 29.5 Å². The van der Waals surface area contributed by atoms with E-state index in [1.165, 1.54) is 16.7 Å². The summed E-state index contributed by atoms with van der Waals surface area (Å²) in [5.74, 6) is 0.463. The number of pyridine rings is 2. The minimum Gasteiger partial charge on any atom is -0.467 e. The van der Waals surface area contributed by atoms with E-state index in [9.17, 15) is 9.59 Å². The smallest absolute Gasteiger partial charge is 0.278 e. The van der Waals surface area contributed by atoms with Gasteiger partial charge < -0.3 is 20.2 Å². The molecule has 160 valence electrons. The minimum absolute atomic E-state index is 0.211. The van der Waals surface area contributed by atoms with E-state index in [0.29, 0.717) is 48.6 Å². The molecule has 3 N–H and O–H groups in total. The van der Waals surface area contributed by atoms with Crippen LogP contribution < -0.4 is 21.2 Å². The number of furan rings is 1. The summed E-state index contributed by atoms with van der Waals surface area (Å²) in [7, 11) is 0. The fraction of sp³-hybridized carbons (Fsp3) is 0.273. The number of ether oxygens (including phenoxy) is 1. The van der Waals surface area contributed by atoms with E-state index >= 15 is 0 Å². The van der Waals surface area contributed by atoms with Gasteiger partial charge in [-0.15, -0.1) is 0 Å². The van der Waals surface area contributed by atoms with E-state index in [0.717, 1.165) is 0 Å². The molecule has 0 aromatic carbocycles. The maximum atomic E-state index is 13.1. The number of fused-ring (bicyclic) bond motifs is 2. The number of anilines is 1. The minimum atomic E-state index is -0.396. The Morgan fingerprint density at radius 1 is 1.32 bits per heavy atom. The Hall–Kier alpha value is -3.72. The summed E-state index contributed by atoms with van der Waals surface area (Å²) >= 11 is 0. The van der Waals surface area contributed by atoms with E-state index in [-0.39, 0.29) is 23.5 Å². The largest absolute Gasteiger partial charge is 0.467 e. The Balaban J connectivity index is 1.80. The van der Waals surface area contributed by atoms with Crippen LogP contribution in [0.25, 0.3) is 16.7 Å². The van der Waals surface area contributed by atoms with Crippen LogP contribution in [-0.4, -0.2) is 28.5 Å². The first-order chi connectivity index (χ1) is 15.1. The summed E-state index contributed by atoms with van der Waals surface area (Å²) in [6.45, 7) is 3.74. The number of nitrogens with one attached hydrogen (secondary N) is 1. The standard InChI is InChI=1S/C22H23N5O4/c1-2-30-11-6-10-27-19(23)16(21(28)24-14-15-7-5-12-31-15)13-17-20(27)25-18-8-3-4-9-26(18)22(17)29/h3-5,7-9,12-13,23H,2,6,10-11,14H2,1H3,(H,24,28)/p+1. The van der Waals surface area contributed by atoms with Crippen molar-refractivity contribution in [2.45, 2.75) is 26.4 Å². The average molecular weight is 422 g/mol. The van der Waals surface area contributed by atoms with Gasteiger partial charge in [-0.3, -0.25) is 14.0 Å². The lowest BCUT2D eigenvalue weighted by molar-refractivity contribution is -0.659. The number of amides is 1. The van der Waals surface area contributed by atoms with Crippen molar-refractivity contribution in [1.82, 2.24) is 14.7 Å². The Bertz CT molecular complexity index is 1280. The van der Waals surface area contributed by atoms with Gasteiger partial charge in [-0.05, 0) is 37.3 Å². The molecule has 0 unspecified atom stereocenters. The number of rotatable bonds is 8. The molecule has 9 heteroatoms. The van der Waals surface area contributed by atoms with Crippen LogP contribution in [0.2, 0.25) is 0 Å². The predicted octanol–water partition coefficient (Wildman–Crippen LogP) is 1.67. The Kier molecular flexibility index (Phi) is 5.94. The number of nitrogens with zero attached hydrogens (tertiary/aromatic N) is 3. The van der Waals surface area contributed by atoms with Gasteiger partial charge in [-0.25, -0.2) is 4.57 Å². The number of hydrogen-bond donors (Lipinski definition) is 2. The summed E-state index contributed by atoms with van der Waals surface area (Å²) in [5.41, 5.74) is 7.29. The average Bonchev–Trinajstić information content (AvgIpc) is 3.30. The summed E-state index contributed by atoms with van der Waals surface area (Å²) in [6, 6.07) is 10.3. The van der Waals surface area contributed by atoms with E-state index in [2.05, 4.69) is 10.3 Å². The molecule has 4 heterocycles. The van der Waals surface area contributed by atoms with E-state index in [1.807, 2.05) is 13.0 Å². The third-order valence-corrected chi connectivity index (χ3v) is 4.98. The van der Waals surface area contributed by atoms with Crippen LogP contribution in [0.5, 0.6) is 0 Å². The lowest BCUT2D eigenvalue weighted by Crippen LogP contribution is -2.43. The Morgan fingerprint density at radius 2 is 2.19 bits per heavy atom. The first kappa shape index (κ1) is 20.5. The zero-order valence-electron chi connectivity index (χ0n) is 17.2. The van der Waals surface area contributed by atoms with E-state index < -0.39 is 5.91 Å². The monoisotopic (exact) mass is 422 g/mol. The van der Waals surface area contributed by atoms with Crippen molar-refractivity contribution in [1.29, 1.82) is 0 Å². The van der Waals surface area contributed by atoms with Gasteiger partial charge >= 0.3 is 0 Å². The first-order valence-electron chi connectivity index (χ1n) is 10.1.